The summed E-state index contributed by atoms with van der Waals surface area (Å²) in [6, 6.07) is 9.75. The molecule has 3 rings (SSSR count). The number of rotatable bonds is 3. The van der Waals surface area contributed by atoms with Crippen LogP contribution in [-0.2, 0) is 20.5 Å². The van der Waals surface area contributed by atoms with Crippen molar-refractivity contribution in [2.75, 3.05) is 0 Å². The zero-order chi connectivity index (χ0) is 14.3. The molecule has 0 aliphatic carbocycles. The Balaban J connectivity index is 1.97. The maximum absolute atomic E-state index is 12.4. The monoisotopic (exact) mass is 268 g/mol. The lowest BCUT2D eigenvalue weighted by molar-refractivity contribution is 0.0983. The number of carbonyl (C=O) groups is 1. The third kappa shape index (κ3) is 2.01. The van der Waals surface area contributed by atoms with Gasteiger partial charge in [0, 0.05) is 19.5 Å². The second kappa shape index (κ2) is 4.59. The summed E-state index contributed by atoms with van der Waals surface area (Å²) in [5, 5.41) is 9.70. The molecule has 0 saturated heterocycles. The van der Waals surface area contributed by atoms with Gasteiger partial charge >= 0.3 is 0 Å². The maximum atomic E-state index is 12.4. The second-order valence-corrected chi connectivity index (χ2v) is 4.98. The first-order valence-electron chi connectivity index (χ1n) is 6.50. The predicted octanol–water partition coefficient (Wildman–Crippen LogP) is 2.04. The van der Waals surface area contributed by atoms with E-state index in [1.54, 1.807) is 11.7 Å². The van der Waals surface area contributed by atoms with Crippen LogP contribution in [0.15, 0.2) is 30.3 Å². The van der Waals surface area contributed by atoms with Gasteiger partial charge in [-0.3, -0.25) is 14.2 Å². The molecule has 5 heteroatoms. The highest BCUT2D eigenvalue weighted by molar-refractivity contribution is 5.98. The Labute approximate surface area is 116 Å². The van der Waals surface area contributed by atoms with Crippen LogP contribution in [0.1, 0.15) is 21.9 Å². The SMILES string of the molecule is Cc1cc(C(=O)Cc2nn(C)c3ccccc23)n(C)n1. The highest BCUT2D eigenvalue weighted by atomic mass is 16.1. The fourth-order valence-electron chi connectivity index (χ4n) is 2.53. The topological polar surface area (TPSA) is 52.7 Å². The quantitative estimate of drug-likeness (QED) is 0.683. The molecule has 2 heterocycles. The standard InChI is InChI=1S/C15H16N4O/c1-10-8-14(19(3)16-10)15(20)9-12-11-6-4-5-7-13(11)18(2)17-12/h4-8H,9H2,1-3H3. The first-order valence-corrected chi connectivity index (χ1v) is 6.50. The van der Waals surface area contributed by atoms with Gasteiger partial charge in [-0.15, -0.1) is 0 Å². The lowest BCUT2D eigenvalue weighted by Crippen LogP contribution is -2.10. The molecule has 0 saturated carbocycles. The van der Waals surface area contributed by atoms with E-state index < -0.39 is 0 Å². The first kappa shape index (κ1) is 12.6. The molecule has 102 valence electrons. The molecule has 0 aliphatic rings. The Bertz CT molecular complexity index is 797. The van der Waals surface area contributed by atoms with Gasteiger partial charge in [0.15, 0.2) is 5.78 Å². The Morgan fingerprint density at radius 1 is 1.15 bits per heavy atom. The Hall–Kier alpha value is -2.43. The van der Waals surface area contributed by atoms with E-state index in [-0.39, 0.29) is 5.78 Å². The molecule has 0 spiro atoms. The van der Waals surface area contributed by atoms with Gasteiger partial charge in [-0.1, -0.05) is 18.2 Å². The normalized spacial score (nSPS) is 11.2. The van der Waals surface area contributed by atoms with Crippen molar-refractivity contribution < 1.29 is 4.79 Å². The number of para-hydroxylation sites is 1. The molecule has 0 N–H and O–H groups in total. The Kier molecular flexibility index (Phi) is 2.89. The minimum atomic E-state index is 0.0388. The molecule has 0 fully saturated rings. The van der Waals surface area contributed by atoms with E-state index in [2.05, 4.69) is 10.2 Å². The fourth-order valence-corrected chi connectivity index (χ4v) is 2.53. The molecule has 1 aromatic carbocycles. The third-order valence-corrected chi connectivity index (χ3v) is 3.45. The molecule has 0 radical (unpaired) electrons. The smallest absolute Gasteiger partial charge is 0.186 e. The summed E-state index contributed by atoms with van der Waals surface area (Å²) in [7, 11) is 3.68. The van der Waals surface area contributed by atoms with Crippen LogP contribution in [0.25, 0.3) is 10.9 Å². The number of Topliss-reactive ketones (excluding diaryl/α,β-unsaturated/α-hetero) is 1. The molecule has 0 unspecified atom stereocenters. The number of hydrogen-bond donors (Lipinski definition) is 0. The third-order valence-electron chi connectivity index (χ3n) is 3.45. The molecule has 20 heavy (non-hydrogen) atoms. The number of fused-ring (bicyclic) bond motifs is 1. The van der Waals surface area contributed by atoms with E-state index in [1.807, 2.05) is 49.0 Å². The van der Waals surface area contributed by atoms with Crippen molar-refractivity contribution in [1.82, 2.24) is 19.6 Å². The Morgan fingerprint density at radius 2 is 1.90 bits per heavy atom. The lowest BCUT2D eigenvalue weighted by atomic mass is 10.1. The van der Waals surface area contributed by atoms with Gasteiger partial charge in [0.1, 0.15) is 5.69 Å². The molecule has 2 aromatic heterocycles. The van der Waals surface area contributed by atoms with E-state index >= 15 is 0 Å². The summed E-state index contributed by atoms with van der Waals surface area (Å²) in [6.45, 7) is 1.88. The van der Waals surface area contributed by atoms with Gasteiger partial charge in [0.25, 0.3) is 0 Å². The van der Waals surface area contributed by atoms with Crippen LogP contribution in [0.3, 0.4) is 0 Å². The van der Waals surface area contributed by atoms with Crippen LogP contribution in [0, 0.1) is 6.92 Å². The van der Waals surface area contributed by atoms with Crippen molar-refractivity contribution in [2.45, 2.75) is 13.3 Å². The summed E-state index contributed by atoms with van der Waals surface area (Å²) < 4.78 is 3.44. The number of aromatic nitrogens is 4. The van der Waals surface area contributed by atoms with Crippen molar-refractivity contribution in [3.05, 3.63) is 47.4 Å². The summed E-state index contributed by atoms with van der Waals surface area (Å²) >= 11 is 0. The van der Waals surface area contributed by atoms with Crippen molar-refractivity contribution in [2.24, 2.45) is 14.1 Å². The van der Waals surface area contributed by atoms with Gasteiger partial charge < -0.3 is 0 Å². The van der Waals surface area contributed by atoms with E-state index in [9.17, 15) is 4.79 Å². The van der Waals surface area contributed by atoms with Crippen LogP contribution in [0.4, 0.5) is 0 Å². The van der Waals surface area contributed by atoms with Crippen LogP contribution in [0.2, 0.25) is 0 Å². The van der Waals surface area contributed by atoms with E-state index in [0.717, 1.165) is 22.3 Å². The second-order valence-electron chi connectivity index (χ2n) is 4.98. The highest BCUT2D eigenvalue weighted by Gasteiger charge is 2.16. The van der Waals surface area contributed by atoms with Crippen molar-refractivity contribution in [1.29, 1.82) is 0 Å². The molecule has 0 amide bonds. The number of carbonyl (C=O) groups excluding carboxylic acids is 1. The number of hydrogen-bond acceptors (Lipinski definition) is 3. The minimum Gasteiger partial charge on any atom is -0.292 e. The number of nitrogens with zero attached hydrogens (tertiary/aromatic N) is 4. The average Bonchev–Trinajstić information content (AvgIpc) is 2.91. The molecule has 3 aromatic rings. The number of ketones is 1. The van der Waals surface area contributed by atoms with Crippen LogP contribution in [0.5, 0.6) is 0 Å². The molecular weight excluding hydrogens is 252 g/mol. The molecule has 0 bridgehead atoms. The van der Waals surface area contributed by atoms with Gasteiger partial charge in [-0.2, -0.15) is 10.2 Å². The van der Waals surface area contributed by atoms with Crippen LogP contribution < -0.4 is 0 Å². The number of benzene rings is 1. The highest BCUT2D eigenvalue weighted by Crippen LogP contribution is 2.19. The zero-order valence-corrected chi connectivity index (χ0v) is 11.8. The van der Waals surface area contributed by atoms with Gasteiger partial charge in [0.2, 0.25) is 0 Å². The van der Waals surface area contributed by atoms with E-state index in [1.165, 1.54) is 0 Å². The van der Waals surface area contributed by atoms with Crippen LogP contribution >= 0.6 is 0 Å². The summed E-state index contributed by atoms with van der Waals surface area (Å²) in [5.41, 5.74) is 3.32. The fraction of sp³-hybridized carbons (Fsp3) is 0.267. The first-order chi connectivity index (χ1) is 9.56. The molecule has 0 atom stereocenters. The number of aryl methyl sites for hydroxylation is 3. The Morgan fingerprint density at radius 3 is 2.60 bits per heavy atom. The van der Waals surface area contributed by atoms with Crippen molar-refractivity contribution in [3.63, 3.8) is 0 Å². The molecule has 5 nitrogen and oxygen atoms in total. The van der Waals surface area contributed by atoms with Crippen LogP contribution in [-0.4, -0.2) is 25.3 Å². The summed E-state index contributed by atoms with van der Waals surface area (Å²) in [5.74, 6) is 0.0388. The molecular formula is C15H16N4O. The van der Waals surface area contributed by atoms with Crippen molar-refractivity contribution in [3.8, 4) is 0 Å². The van der Waals surface area contributed by atoms with Gasteiger partial charge in [0.05, 0.1) is 23.3 Å². The van der Waals surface area contributed by atoms with E-state index in [4.69, 9.17) is 0 Å². The lowest BCUT2D eigenvalue weighted by Gasteiger charge is -1.99. The molecule has 0 aliphatic heterocycles. The van der Waals surface area contributed by atoms with Gasteiger partial charge in [-0.05, 0) is 19.1 Å². The van der Waals surface area contributed by atoms with Crippen molar-refractivity contribution >= 4 is 16.7 Å². The van der Waals surface area contributed by atoms with E-state index in [0.29, 0.717) is 12.1 Å². The summed E-state index contributed by atoms with van der Waals surface area (Å²) in [6.07, 6.45) is 0.292. The maximum Gasteiger partial charge on any atom is 0.186 e. The average molecular weight is 268 g/mol. The summed E-state index contributed by atoms with van der Waals surface area (Å²) in [4.78, 5) is 12.4. The largest absolute Gasteiger partial charge is 0.292 e. The zero-order valence-electron chi connectivity index (χ0n) is 11.8. The minimum absolute atomic E-state index is 0.0388. The van der Waals surface area contributed by atoms with Gasteiger partial charge in [-0.25, -0.2) is 0 Å². The predicted molar refractivity (Wildman–Crippen MR) is 76.7 cm³/mol.